The van der Waals surface area contributed by atoms with Crippen molar-refractivity contribution in [3.05, 3.63) is 29.5 Å². The molecule has 1 amide bonds. The van der Waals surface area contributed by atoms with E-state index in [0.29, 0.717) is 12.3 Å². The molecule has 0 radical (unpaired) electrons. The lowest BCUT2D eigenvalue weighted by Gasteiger charge is -2.33. The van der Waals surface area contributed by atoms with Crippen LogP contribution in [0.15, 0.2) is 22.6 Å². The molecule has 3 rings (SSSR count). The predicted molar refractivity (Wildman–Crippen MR) is 90.1 cm³/mol. The van der Waals surface area contributed by atoms with Crippen molar-refractivity contribution in [1.29, 1.82) is 0 Å². The Morgan fingerprint density at radius 1 is 1.48 bits per heavy atom. The largest absolute Gasteiger partial charge is 0.497 e. The van der Waals surface area contributed by atoms with Crippen molar-refractivity contribution >= 4 is 16.9 Å². The van der Waals surface area contributed by atoms with Crippen molar-refractivity contribution in [2.75, 3.05) is 26.7 Å². The number of rotatable bonds is 4. The number of piperidine rings is 1. The molecule has 1 saturated heterocycles. The molecule has 1 fully saturated rings. The van der Waals surface area contributed by atoms with Crippen LogP contribution in [-0.4, -0.2) is 43.6 Å². The van der Waals surface area contributed by atoms with E-state index in [4.69, 9.17) is 9.15 Å². The first-order chi connectivity index (χ1) is 11.2. The summed E-state index contributed by atoms with van der Waals surface area (Å²) >= 11 is 0. The minimum Gasteiger partial charge on any atom is -0.497 e. The van der Waals surface area contributed by atoms with Gasteiger partial charge in [-0.3, -0.25) is 4.79 Å². The van der Waals surface area contributed by atoms with Gasteiger partial charge in [0.15, 0.2) is 5.76 Å². The van der Waals surface area contributed by atoms with E-state index in [2.05, 4.69) is 5.32 Å². The van der Waals surface area contributed by atoms with Crippen molar-refractivity contribution < 1.29 is 13.9 Å². The summed E-state index contributed by atoms with van der Waals surface area (Å²) in [5, 5.41) is 4.31. The lowest BCUT2D eigenvalue weighted by atomic mass is 10.0. The third-order valence-corrected chi connectivity index (χ3v) is 4.65. The fourth-order valence-electron chi connectivity index (χ4n) is 3.33. The van der Waals surface area contributed by atoms with E-state index in [9.17, 15) is 4.79 Å². The number of carbonyl (C=O) groups is 1. The molecular weight excluding hydrogens is 292 g/mol. The van der Waals surface area contributed by atoms with Gasteiger partial charge in [-0.15, -0.1) is 0 Å². The highest BCUT2D eigenvalue weighted by Gasteiger charge is 2.28. The zero-order valence-corrected chi connectivity index (χ0v) is 14.0. The number of amides is 1. The average Bonchev–Trinajstić information content (AvgIpc) is 2.92. The number of likely N-dealkylation sites (N-methyl/N-ethyl adjacent to an activating group) is 1. The lowest BCUT2D eigenvalue weighted by Crippen LogP contribution is -2.48. The van der Waals surface area contributed by atoms with Crippen LogP contribution < -0.4 is 10.1 Å². The Bertz CT molecular complexity index is 702. The van der Waals surface area contributed by atoms with E-state index >= 15 is 0 Å². The fourth-order valence-corrected chi connectivity index (χ4v) is 3.33. The molecule has 5 heteroatoms. The number of ether oxygens (including phenoxy) is 1. The van der Waals surface area contributed by atoms with Crippen molar-refractivity contribution in [3.63, 3.8) is 0 Å². The summed E-state index contributed by atoms with van der Waals surface area (Å²) in [6, 6.07) is 5.87. The highest BCUT2D eigenvalue weighted by atomic mass is 16.5. The number of nitrogens with one attached hydrogen (secondary N) is 1. The molecule has 0 saturated carbocycles. The van der Waals surface area contributed by atoms with Gasteiger partial charge in [-0.1, -0.05) is 0 Å². The fraction of sp³-hybridized carbons (Fsp3) is 0.500. The molecule has 0 aliphatic carbocycles. The Labute approximate surface area is 136 Å². The van der Waals surface area contributed by atoms with Gasteiger partial charge in [0, 0.05) is 30.1 Å². The SMILES string of the molecule is CCN(C(=O)c1oc2ccc(OC)cc2c1C)C1CCCNC1. The van der Waals surface area contributed by atoms with Crippen LogP contribution >= 0.6 is 0 Å². The Balaban J connectivity index is 1.94. The molecule has 1 aliphatic rings. The molecule has 1 aromatic heterocycles. The van der Waals surface area contributed by atoms with Gasteiger partial charge in [-0.25, -0.2) is 0 Å². The second-order valence-corrected chi connectivity index (χ2v) is 6.01. The zero-order chi connectivity index (χ0) is 16.4. The molecule has 124 valence electrons. The van der Waals surface area contributed by atoms with E-state index in [1.165, 1.54) is 0 Å². The topological polar surface area (TPSA) is 54.7 Å². The third-order valence-electron chi connectivity index (χ3n) is 4.65. The van der Waals surface area contributed by atoms with Crippen molar-refractivity contribution in [1.82, 2.24) is 10.2 Å². The number of furan rings is 1. The number of methoxy groups -OCH3 is 1. The van der Waals surface area contributed by atoms with E-state index < -0.39 is 0 Å². The number of aryl methyl sites for hydroxylation is 1. The molecular formula is C18H24N2O3. The summed E-state index contributed by atoms with van der Waals surface area (Å²) in [6.45, 7) is 6.53. The van der Waals surface area contributed by atoms with Crippen LogP contribution in [0.3, 0.4) is 0 Å². The average molecular weight is 316 g/mol. The molecule has 2 heterocycles. The van der Waals surface area contributed by atoms with Crippen LogP contribution in [0.1, 0.15) is 35.9 Å². The van der Waals surface area contributed by atoms with Crippen LogP contribution in [0.5, 0.6) is 5.75 Å². The Morgan fingerprint density at radius 2 is 2.30 bits per heavy atom. The van der Waals surface area contributed by atoms with Gasteiger partial charge in [0.1, 0.15) is 11.3 Å². The number of benzene rings is 1. The molecule has 1 aliphatic heterocycles. The summed E-state index contributed by atoms with van der Waals surface area (Å²) in [5.41, 5.74) is 1.61. The summed E-state index contributed by atoms with van der Waals surface area (Å²) in [6.07, 6.45) is 2.14. The van der Waals surface area contributed by atoms with Gasteiger partial charge >= 0.3 is 0 Å². The van der Waals surface area contributed by atoms with Crippen LogP contribution in [0.25, 0.3) is 11.0 Å². The minimum absolute atomic E-state index is 0.0196. The van der Waals surface area contributed by atoms with Crippen molar-refractivity contribution in [2.45, 2.75) is 32.7 Å². The molecule has 0 bridgehead atoms. The molecule has 2 aromatic rings. The number of fused-ring (bicyclic) bond motifs is 1. The Morgan fingerprint density at radius 3 is 2.96 bits per heavy atom. The predicted octanol–water partition coefficient (Wildman–Crippen LogP) is 2.96. The highest BCUT2D eigenvalue weighted by molar-refractivity contribution is 5.99. The van der Waals surface area contributed by atoms with Gasteiger partial charge in [-0.05, 0) is 51.4 Å². The van der Waals surface area contributed by atoms with Crippen molar-refractivity contribution in [2.24, 2.45) is 0 Å². The van der Waals surface area contributed by atoms with Gasteiger partial charge in [0.05, 0.1) is 7.11 Å². The Kier molecular flexibility index (Phi) is 4.57. The van der Waals surface area contributed by atoms with Gasteiger partial charge in [0.2, 0.25) is 0 Å². The molecule has 5 nitrogen and oxygen atoms in total. The summed E-state index contributed by atoms with van der Waals surface area (Å²) < 4.78 is 11.1. The summed E-state index contributed by atoms with van der Waals surface area (Å²) in [4.78, 5) is 14.9. The highest BCUT2D eigenvalue weighted by Crippen LogP contribution is 2.30. The second kappa shape index (κ2) is 6.62. The van der Waals surface area contributed by atoms with Crippen LogP contribution in [0, 0.1) is 6.92 Å². The quantitative estimate of drug-likeness (QED) is 0.942. The second-order valence-electron chi connectivity index (χ2n) is 6.01. The van der Waals surface area contributed by atoms with E-state index in [1.54, 1.807) is 7.11 Å². The van der Waals surface area contributed by atoms with E-state index in [0.717, 1.165) is 48.2 Å². The normalized spacial score (nSPS) is 18.1. The smallest absolute Gasteiger partial charge is 0.290 e. The first-order valence-electron chi connectivity index (χ1n) is 8.24. The maximum Gasteiger partial charge on any atom is 0.290 e. The molecule has 1 atom stereocenters. The number of hydrogen-bond acceptors (Lipinski definition) is 4. The monoisotopic (exact) mass is 316 g/mol. The summed E-state index contributed by atoms with van der Waals surface area (Å²) in [7, 11) is 1.64. The molecule has 1 unspecified atom stereocenters. The lowest BCUT2D eigenvalue weighted by molar-refractivity contribution is 0.0631. The molecule has 23 heavy (non-hydrogen) atoms. The molecule has 1 aromatic carbocycles. The van der Waals surface area contributed by atoms with Crippen molar-refractivity contribution in [3.8, 4) is 5.75 Å². The van der Waals surface area contributed by atoms with Crippen LogP contribution in [-0.2, 0) is 0 Å². The van der Waals surface area contributed by atoms with Gasteiger partial charge in [-0.2, -0.15) is 0 Å². The maximum absolute atomic E-state index is 13.0. The third kappa shape index (κ3) is 2.93. The zero-order valence-electron chi connectivity index (χ0n) is 14.0. The maximum atomic E-state index is 13.0. The first-order valence-corrected chi connectivity index (χ1v) is 8.24. The minimum atomic E-state index is -0.0196. The van der Waals surface area contributed by atoms with Gasteiger partial charge in [0.25, 0.3) is 5.91 Å². The first kappa shape index (κ1) is 15.9. The van der Waals surface area contributed by atoms with Gasteiger partial charge < -0.3 is 19.4 Å². The van der Waals surface area contributed by atoms with Crippen LogP contribution in [0.2, 0.25) is 0 Å². The van der Waals surface area contributed by atoms with E-state index in [1.807, 2.05) is 36.9 Å². The van der Waals surface area contributed by atoms with E-state index in [-0.39, 0.29) is 11.9 Å². The number of carbonyl (C=O) groups excluding carboxylic acids is 1. The Hall–Kier alpha value is -2.01. The standard InChI is InChI=1S/C18H24N2O3/c1-4-20(13-6-5-9-19-11-13)18(21)17-12(2)15-10-14(22-3)7-8-16(15)23-17/h7-8,10,13,19H,4-6,9,11H2,1-3H3. The molecule has 1 N–H and O–H groups in total. The van der Waals surface area contributed by atoms with Crippen LogP contribution in [0.4, 0.5) is 0 Å². The molecule has 0 spiro atoms. The summed E-state index contributed by atoms with van der Waals surface area (Å²) in [5.74, 6) is 1.19. The number of hydrogen-bond donors (Lipinski definition) is 1. The number of nitrogens with zero attached hydrogens (tertiary/aromatic N) is 1.